The van der Waals surface area contributed by atoms with Gasteiger partial charge < -0.3 is 14.8 Å². The molecule has 28 heavy (non-hydrogen) atoms. The maximum atomic E-state index is 12.5. The largest absolute Gasteiger partial charge is 0.378 e. The maximum Gasteiger partial charge on any atom is 0.251 e. The highest BCUT2D eigenvalue weighted by molar-refractivity contribution is 5.94. The van der Waals surface area contributed by atoms with Crippen LogP contribution in [0.3, 0.4) is 0 Å². The minimum atomic E-state index is -0.00214. The van der Waals surface area contributed by atoms with Gasteiger partial charge >= 0.3 is 0 Å². The van der Waals surface area contributed by atoms with Gasteiger partial charge in [0.15, 0.2) is 0 Å². The Balaban J connectivity index is 0.00000225. The first kappa shape index (κ1) is 20.3. The van der Waals surface area contributed by atoms with E-state index >= 15 is 0 Å². The first-order valence-electron chi connectivity index (χ1n) is 9.79. The summed E-state index contributed by atoms with van der Waals surface area (Å²) >= 11 is 0. The number of aromatic nitrogens is 1. The summed E-state index contributed by atoms with van der Waals surface area (Å²) in [5, 5.41) is 4.44. The molecule has 0 bridgehead atoms. The Morgan fingerprint density at radius 2 is 1.82 bits per heavy atom. The van der Waals surface area contributed by atoms with Crippen LogP contribution in [0.1, 0.15) is 34.5 Å². The second-order valence-electron chi connectivity index (χ2n) is 7.50. The minimum absolute atomic E-state index is 0. The predicted molar refractivity (Wildman–Crippen MR) is 119 cm³/mol. The van der Waals surface area contributed by atoms with Gasteiger partial charge in [-0.3, -0.25) is 4.79 Å². The predicted octanol–water partition coefficient (Wildman–Crippen LogP) is 4.44. The molecule has 0 saturated carbocycles. The molecule has 4 nitrogen and oxygen atoms in total. The van der Waals surface area contributed by atoms with Gasteiger partial charge in [0, 0.05) is 55.0 Å². The molecule has 5 heteroatoms. The number of halogens is 1. The number of hydrogen-bond donors (Lipinski definition) is 1. The number of nitrogens with one attached hydrogen (secondary N) is 1. The second-order valence-corrected chi connectivity index (χ2v) is 7.50. The summed E-state index contributed by atoms with van der Waals surface area (Å²) in [7, 11) is 4.00. The van der Waals surface area contributed by atoms with Crippen molar-refractivity contribution in [3.05, 3.63) is 65.4 Å². The van der Waals surface area contributed by atoms with Gasteiger partial charge in [0.1, 0.15) is 0 Å². The van der Waals surface area contributed by atoms with E-state index in [2.05, 4.69) is 34.1 Å². The molecule has 0 aliphatic carbocycles. The summed E-state index contributed by atoms with van der Waals surface area (Å²) in [5.41, 5.74) is 6.02. The molecule has 0 fully saturated rings. The summed E-state index contributed by atoms with van der Waals surface area (Å²) in [6.45, 7) is 1.77. The lowest BCUT2D eigenvalue weighted by Gasteiger charge is -2.17. The van der Waals surface area contributed by atoms with Crippen LogP contribution in [0.5, 0.6) is 0 Å². The molecule has 1 amide bonds. The Labute approximate surface area is 172 Å². The van der Waals surface area contributed by atoms with Crippen LogP contribution >= 0.6 is 12.4 Å². The molecular formula is C23H28ClN3O. The third kappa shape index (κ3) is 3.88. The topological polar surface area (TPSA) is 37.3 Å². The van der Waals surface area contributed by atoms with Gasteiger partial charge in [-0.15, -0.1) is 12.4 Å². The van der Waals surface area contributed by atoms with Crippen molar-refractivity contribution >= 4 is 34.9 Å². The number of fused-ring (bicyclic) bond motifs is 3. The molecule has 3 aromatic rings. The number of aryl methyl sites for hydroxylation is 1. The number of anilines is 1. The first-order chi connectivity index (χ1) is 13.1. The molecule has 0 radical (unpaired) electrons. The maximum absolute atomic E-state index is 12.5. The van der Waals surface area contributed by atoms with Gasteiger partial charge in [-0.1, -0.05) is 18.2 Å². The number of amides is 1. The van der Waals surface area contributed by atoms with Crippen molar-refractivity contribution in [2.75, 3.05) is 25.5 Å². The Bertz CT molecular complexity index is 960. The van der Waals surface area contributed by atoms with Crippen LogP contribution in [0.2, 0.25) is 0 Å². The average molecular weight is 398 g/mol. The Hall–Kier alpha value is -2.46. The summed E-state index contributed by atoms with van der Waals surface area (Å²) in [6.07, 6.45) is 4.53. The van der Waals surface area contributed by atoms with Crippen molar-refractivity contribution in [1.82, 2.24) is 9.88 Å². The Morgan fingerprint density at radius 3 is 2.57 bits per heavy atom. The van der Waals surface area contributed by atoms with E-state index < -0.39 is 0 Å². The molecule has 0 unspecified atom stereocenters. The number of para-hydroxylation sites is 1. The van der Waals surface area contributed by atoms with Gasteiger partial charge in [0.2, 0.25) is 0 Å². The lowest BCUT2D eigenvalue weighted by Crippen LogP contribution is -2.26. The lowest BCUT2D eigenvalue weighted by molar-refractivity contribution is 0.0954. The van der Waals surface area contributed by atoms with Crippen LogP contribution in [-0.4, -0.2) is 31.1 Å². The van der Waals surface area contributed by atoms with E-state index in [1.54, 1.807) is 0 Å². The monoisotopic (exact) mass is 397 g/mol. The average Bonchev–Trinajstić information content (AvgIpc) is 3.02. The number of hydrogen-bond acceptors (Lipinski definition) is 2. The zero-order valence-corrected chi connectivity index (χ0v) is 17.4. The van der Waals surface area contributed by atoms with Crippen molar-refractivity contribution in [3.63, 3.8) is 0 Å². The van der Waals surface area contributed by atoms with Crippen molar-refractivity contribution in [1.29, 1.82) is 0 Å². The molecule has 2 heterocycles. The number of rotatable bonds is 5. The highest BCUT2D eigenvalue weighted by Gasteiger charge is 2.19. The minimum Gasteiger partial charge on any atom is -0.378 e. The quantitative estimate of drug-likeness (QED) is 0.691. The van der Waals surface area contributed by atoms with Gasteiger partial charge in [-0.05, 0) is 61.6 Å². The first-order valence-corrected chi connectivity index (χ1v) is 9.79. The lowest BCUT2D eigenvalue weighted by atomic mass is 10.0. The zero-order valence-electron chi connectivity index (χ0n) is 16.6. The third-order valence-corrected chi connectivity index (χ3v) is 5.55. The zero-order chi connectivity index (χ0) is 18.8. The standard InChI is InChI=1S/C23H27N3O.ClH/c1-25(2)18-12-10-17(11-13-18)23(27)24-15-14-20-19-7-3-4-8-21(19)26-16-6-5-9-22(20)26;/h3-4,7-8,10-13H,5-6,9,14-16H2,1-2H3,(H,24,27);1H. The third-order valence-electron chi connectivity index (χ3n) is 5.55. The summed E-state index contributed by atoms with van der Waals surface area (Å²) in [4.78, 5) is 14.5. The summed E-state index contributed by atoms with van der Waals surface area (Å²) in [5.74, 6) is -0.00214. The summed E-state index contributed by atoms with van der Waals surface area (Å²) < 4.78 is 2.48. The van der Waals surface area contributed by atoms with Crippen LogP contribution in [0.25, 0.3) is 10.9 Å². The van der Waals surface area contributed by atoms with E-state index in [0.29, 0.717) is 12.1 Å². The van der Waals surface area contributed by atoms with Crippen LogP contribution in [0, 0.1) is 0 Å². The molecule has 0 atom stereocenters. The number of carbonyl (C=O) groups excluding carboxylic acids is 1. The van der Waals surface area contributed by atoms with Crippen molar-refractivity contribution in [3.8, 4) is 0 Å². The van der Waals surface area contributed by atoms with Crippen LogP contribution < -0.4 is 10.2 Å². The number of nitrogens with zero attached hydrogens (tertiary/aromatic N) is 2. The van der Waals surface area contributed by atoms with E-state index in [1.165, 1.54) is 35.0 Å². The summed E-state index contributed by atoms with van der Waals surface area (Å²) in [6, 6.07) is 16.4. The van der Waals surface area contributed by atoms with Gasteiger partial charge in [0.25, 0.3) is 5.91 Å². The molecule has 2 aromatic carbocycles. The van der Waals surface area contributed by atoms with Crippen LogP contribution in [-0.2, 0) is 19.4 Å². The molecule has 0 saturated heterocycles. The SMILES string of the molecule is CN(C)c1ccc(C(=O)NCCc2c3n(c4ccccc24)CCCC3)cc1.Cl. The van der Waals surface area contributed by atoms with E-state index in [1.807, 2.05) is 43.3 Å². The van der Waals surface area contributed by atoms with Crippen LogP contribution in [0.4, 0.5) is 5.69 Å². The highest BCUT2D eigenvalue weighted by atomic mass is 35.5. The molecule has 1 aliphatic heterocycles. The molecule has 1 N–H and O–H groups in total. The fourth-order valence-electron chi connectivity index (χ4n) is 4.12. The normalized spacial score (nSPS) is 12.9. The highest BCUT2D eigenvalue weighted by Crippen LogP contribution is 2.30. The Kier molecular flexibility index (Phi) is 6.30. The van der Waals surface area contributed by atoms with Crippen LogP contribution in [0.15, 0.2) is 48.5 Å². The Morgan fingerprint density at radius 1 is 1.07 bits per heavy atom. The van der Waals surface area contributed by atoms with Crippen molar-refractivity contribution < 1.29 is 4.79 Å². The van der Waals surface area contributed by atoms with Crippen molar-refractivity contribution in [2.45, 2.75) is 32.2 Å². The molecule has 1 aromatic heterocycles. The van der Waals surface area contributed by atoms with Crippen molar-refractivity contribution in [2.24, 2.45) is 0 Å². The molecule has 0 spiro atoms. The molecule has 148 valence electrons. The van der Waals surface area contributed by atoms with E-state index in [-0.39, 0.29) is 18.3 Å². The van der Waals surface area contributed by atoms with E-state index in [0.717, 1.165) is 25.1 Å². The van der Waals surface area contributed by atoms with Gasteiger partial charge in [0.05, 0.1) is 0 Å². The smallest absolute Gasteiger partial charge is 0.251 e. The number of carbonyl (C=O) groups is 1. The molecule has 4 rings (SSSR count). The fraction of sp³-hybridized carbons (Fsp3) is 0.348. The van der Waals surface area contributed by atoms with E-state index in [4.69, 9.17) is 0 Å². The molecular weight excluding hydrogens is 370 g/mol. The number of benzene rings is 2. The molecule has 1 aliphatic rings. The fourth-order valence-corrected chi connectivity index (χ4v) is 4.12. The van der Waals surface area contributed by atoms with Gasteiger partial charge in [-0.2, -0.15) is 0 Å². The van der Waals surface area contributed by atoms with E-state index in [9.17, 15) is 4.79 Å². The second kappa shape index (κ2) is 8.70. The van der Waals surface area contributed by atoms with Gasteiger partial charge in [-0.25, -0.2) is 0 Å².